The van der Waals surface area contributed by atoms with Crippen LogP contribution in [0.3, 0.4) is 0 Å². The Bertz CT molecular complexity index is 508. The number of aliphatic imine (C=N–C) groups is 1. The summed E-state index contributed by atoms with van der Waals surface area (Å²) in [6.07, 6.45) is 5.35. The predicted molar refractivity (Wildman–Crippen MR) is 94.2 cm³/mol. The van der Waals surface area contributed by atoms with Crippen molar-refractivity contribution < 1.29 is 4.39 Å². The van der Waals surface area contributed by atoms with Gasteiger partial charge in [0.05, 0.1) is 0 Å². The van der Waals surface area contributed by atoms with E-state index in [0.717, 1.165) is 24.6 Å². The summed E-state index contributed by atoms with van der Waals surface area (Å²) in [7, 11) is 1.76. The number of nitrogens with one attached hydrogen (secondary N) is 2. The molecule has 1 fully saturated rings. The summed E-state index contributed by atoms with van der Waals surface area (Å²) in [5.74, 6) is 0.606. The summed E-state index contributed by atoms with van der Waals surface area (Å²) in [5.41, 5.74) is 1.59. The topological polar surface area (TPSA) is 39.7 Å². The van der Waals surface area contributed by atoms with E-state index in [1.165, 1.54) is 38.8 Å². The van der Waals surface area contributed by atoms with Gasteiger partial charge in [-0.05, 0) is 50.0 Å². The minimum atomic E-state index is -0.159. The maximum Gasteiger partial charge on any atom is 0.191 e. The van der Waals surface area contributed by atoms with Crippen LogP contribution in [0.2, 0.25) is 0 Å². The molecule has 0 atom stereocenters. The molecule has 0 aliphatic carbocycles. The standard InChI is InChI=1S/C18H29FN4/c1-15-7-8-16(13-17(15)19)14-22-18(20-2)21-9-12-23-10-5-3-4-6-11-23/h7-8,13H,3-6,9-12,14H2,1-2H3,(H2,20,21,22). The molecule has 0 unspecified atom stereocenters. The fourth-order valence-corrected chi connectivity index (χ4v) is 2.84. The molecule has 0 saturated carbocycles. The van der Waals surface area contributed by atoms with Crippen LogP contribution in [0.1, 0.15) is 36.8 Å². The van der Waals surface area contributed by atoms with Crippen molar-refractivity contribution in [2.75, 3.05) is 33.2 Å². The van der Waals surface area contributed by atoms with Crippen molar-refractivity contribution in [1.29, 1.82) is 0 Å². The van der Waals surface area contributed by atoms with Gasteiger partial charge < -0.3 is 15.5 Å². The Morgan fingerprint density at radius 3 is 2.57 bits per heavy atom. The lowest BCUT2D eigenvalue weighted by atomic mass is 10.1. The molecule has 2 rings (SSSR count). The molecule has 0 radical (unpaired) electrons. The monoisotopic (exact) mass is 320 g/mol. The maximum atomic E-state index is 13.5. The highest BCUT2D eigenvalue weighted by molar-refractivity contribution is 5.79. The second kappa shape index (κ2) is 9.50. The summed E-state index contributed by atoms with van der Waals surface area (Å²) in [5, 5.41) is 6.57. The lowest BCUT2D eigenvalue weighted by Crippen LogP contribution is -2.41. The van der Waals surface area contributed by atoms with Gasteiger partial charge in [-0.2, -0.15) is 0 Å². The van der Waals surface area contributed by atoms with Crippen LogP contribution >= 0.6 is 0 Å². The molecule has 5 heteroatoms. The third-order valence-corrected chi connectivity index (χ3v) is 4.34. The van der Waals surface area contributed by atoms with Crippen molar-refractivity contribution >= 4 is 5.96 Å². The number of guanidine groups is 1. The van der Waals surface area contributed by atoms with Crippen LogP contribution in [-0.4, -0.2) is 44.1 Å². The number of rotatable bonds is 5. The van der Waals surface area contributed by atoms with E-state index in [0.29, 0.717) is 12.1 Å². The smallest absolute Gasteiger partial charge is 0.191 e. The van der Waals surface area contributed by atoms with Gasteiger partial charge >= 0.3 is 0 Å². The van der Waals surface area contributed by atoms with E-state index in [1.54, 1.807) is 20.0 Å². The van der Waals surface area contributed by atoms with Crippen molar-refractivity contribution in [3.8, 4) is 0 Å². The van der Waals surface area contributed by atoms with Crippen LogP contribution in [0.5, 0.6) is 0 Å². The van der Waals surface area contributed by atoms with Gasteiger partial charge in [0.15, 0.2) is 5.96 Å². The fourth-order valence-electron chi connectivity index (χ4n) is 2.84. The second-order valence-electron chi connectivity index (χ2n) is 6.19. The van der Waals surface area contributed by atoms with Gasteiger partial charge in [0.2, 0.25) is 0 Å². The van der Waals surface area contributed by atoms with Gasteiger partial charge in [-0.15, -0.1) is 0 Å². The first-order chi connectivity index (χ1) is 11.2. The molecular formula is C18H29FN4. The van der Waals surface area contributed by atoms with Gasteiger partial charge in [0.25, 0.3) is 0 Å². The Morgan fingerprint density at radius 1 is 1.17 bits per heavy atom. The number of benzene rings is 1. The first-order valence-electron chi connectivity index (χ1n) is 8.61. The Morgan fingerprint density at radius 2 is 1.91 bits per heavy atom. The first kappa shape index (κ1) is 17.7. The highest BCUT2D eigenvalue weighted by Gasteiger charge is 2.08. The molecule has 1 aliphatic heterocycles. The highest BCUT2D eigenvalue weighted by atomic mass is 19.1. The van der Waals surface area contributed by atoms with Crippen LogP contribution in [0.4, 0.5) is 4.39 Å². The quantitative estimate of drug-likeness (QED) is 0.647. The zero-order valence-corrected chi connectivity index (χ0v) is 14.4. The average molecular weight is 320 g/mol. The highest BCUT2D eigenvalue weighted by Crippen LogP contribution is 2.09. The minimum Gasteiger partial charge on any atom is -0.355 e. The van der Waals surface area contributed by atoms with Gasteiger partial charge in [0.1, 0.15) is 5.82 Å². The van der Waals surface area contributed by atoms with E-state index >= 15 is 0 Å². The molecule has 128 valence electrons. The van der Waals surface area contributed by atoms with Crippen molar-refractivity contribution in [3.63, 3.8) is 0 Å². The molecule has 0 aromatic heterocycles. The molecule has 2 N–H and O–H groups in total. The zero-order chi connectivity index (χ0) is 16.5. The molecule has 1 aromatic carbocycles. The average Bonchev–Trinajstić information content (AvgIpc) is 2.82. The van der Waals surface area contributed by atoms with Gasteiger partial charge in [0, 0.05) is 26.7 Å². The molecular weight excluding hydrogens is 291 g/mol. The molecule has 0 spiro atoms. The summed E-state index contributed by atoms with van der Waals surface area (Å²) >= 11 is 0. The number of hydrogen-bond acceptors (Lipinski definition) is 2. The molecule has 4 nitrogen and oxygen atoms in total. The third-order valence-electron chi connectivity index (χ3n) is 4.34. The number of halogens is 1. The van der Waals surface area contributed by atoms with E-state index in [9.17, 15) is 4.39 Å². The summed E-state index contributed by atoms with van der Waals surface area (Å²) < 4.78 is 13.5. The molecule has 1 aliphatic rings. The SMILES string of the molecule is CN=C(NCCN1CCCCCC1)NCc1ccc(C)c(F)c1. The minimum absolute atomic E-state index is 0.159. The van der Waals surface area contributed by atoms with Crippen LogP contribution in [0.15, 0.2) is 23.2 Å². The third kappa shape index (κ3) is 6.18. The normalized spacial score (nSPS) is 16.9. The van der Waals surface area contributed by atoms with Crippen molar-refractivity contribution in [2.24, 2.45) is 4.99 Å². The number of hydrogen-bond donors (Lipinski definition) is 2. The Hall–Kier alpha value is -1.62. The lowest BCUT2D eigenvalue weighted by Gasteiger charge is -2.20. The molecule has 1 aromatic rings. The van der Waals surface area contributed by atoms with E-state index < -0.39 is 0 Å². The molecule has 23 heavy (non-hydrogen) atoms. The molecule has 1 saturated heterocycles. The second-order valence-corrected chi connectivity index (χ2v) is 6.19. The van der Waals surface area contributed by atoms with Gasteiger partial charge in [-0.3, -0.25) is 4.99 Å². The van der Waals surface area contributed by atoms with Crippen molar-refractivity contribution in [1.82, 2.24) is 15.5 Å². The zero-order valence-electron chi connectivity index (χ0n) is 14.4. The van der Waals surface area contributed by atoms with Gasteiger partial charge in [-0.1, -0.05) is 25.0 Å². The van der Waals surface area contributed by atoms with Crippen LogP contribution in [0, 0.1) is 12.7 Å². The van der Waals surface area contributed by atoms with E-state index in [4.69, 9.17) is 0 Å². The fraction of sp³-hybridized carbons (Fsp3) is 0.611. The summed E-state index contributed by atoms with van der Waals surface area (Å²) in [6, 6.07) is 5.32. The van der Waals surface area contributed by atoms with Crippen LogP contribution < -0.4 is 10.6 Å². The van der Waals surface area contributed by atoms with Crippen LogP contribution in [0.25, 0.3) is 0 Å². The molecule has 0 bridgehead atoms. The Labute approximate surface area is 139 Å². The largest absolute Gasteiger partial charge is 0.355 e. The number of likely N-dealkylation sites (tertiary alicyclic amines) is 1. The first-order valence-corrected chi connectivity index (χ1v) is 8.61. The molecule has 0 amide bonds. The maximum absolute atomic E-state index is 13.5. The van der Waals surface area contributed by atoms with Crippen molar-refractivity contribution in [2.45, 2.75) is 39.2 Å². The Balaban J connectivity index is 1.71. The lowest BCUT2D eigenvalue weighted by molar-refractivity contribution is 0.289. The van der Waals surface area contributed by atoms with E-state index in [2.05, 4.69) is 20.5 Å². The summed E-state index contributed by atoms with van der Waals surface area (Å²) in [6.45, 7) is 6.67. The number of aryl methyl sites for hydroxylation is 1. The number of nitrogens with zero attached hydrogens (tertiary/aromatic N) is 2. The predicted octanol–water partition coefficient (Wildman–Crippen LogP) is 2.68. The van der Waals surface area contributed by atoms with Crippen molar-refractivity contribution in [3.05, 3.63) is 35.1 Å². The van der Waals surface area contributed by atoms with E-state index in [1.807, 2.05) is 12.1 Å². The molecule has 1 heterocycles. The van der Waals surface area contributed by atoms with Crippen LogP contribution in [-0.2, 0) is 6.54 Å². The summed E-state index contributed by atoms with van der Waals surface area (Å²) in [4.78, 5) is 6.74. The Kier molecular flexibility index (Phi) is 7.33. The van der Waals surface area contributed by atoms with Gasteiger partial charge in [-0.25, -0.2) is 4.39 Å². The van der Waals surface area contributed by atoms with E-state index in [-0.39, 0.29) is 5.82 Å².